The largest absolute Gasteiger partial charge is 0.495 e. The molecule has 108 valence electrons. The van der Waals surface area contributed by atoms with Gasteiger partial charge in [-0.15, -0.1) is 0 Å². The van der Waals surface area contributed by atoms with E-state index in [2.05, 4.69) is 6.07 Å². The molecule has 5 heteroatoms. The number of esters is 1. The first kappa shape index (κ1) is 16.0. The molecule has 0 aliphatic rings. The van der Waals surface area contributed by atoms with Gasteiger partial charge in [0.2, 0.25) is 0 Å². The summed E-state index contributed by atoms with van der Waals surface area (Å²) in [6.45, 7) is 3.52. The van der Waals surface area contributed by atoms with Crippen molar-refractivity contribution in [2.45, 2.75) is 19.9 Å². The second-order valence-electron chi connectivity index (χ2n) is 4.44. The summed E-state index contributed by atoms with van der Waals surface area (Å²) in [4.78, 5) is 13.3. The standard InChI is InChI=1S/C15H20N2O3/c1-4-20-15(18)7-8-17(2)11-12-5-6-13(10-16)14(9-12)19-3/h5-6,9H,4,7-8,11H2,1-3H3. The molecule has 1 rings (SSSR count). The average molecular weight is 276 g/mol. The first-order valence-electron chi connectivity index (χ1n) is 6.51. The lowest BCUT2D eigenvalue weighted by molar-refractivity contribution is -0.143. The van der Waals surface area contributed by atoms with E-state index in [0.29, 0.717) is 37.4 Å². The summed E-state index contributed by atoms with van der Waals surface area (Å²) in [6.07, 6.45) is 0.373. The number of carbonyl (C=O) groups excluding carboxylic acids is 1. The van der Waals surface area contributed by atoms with Gasteiger partial charge in [-0.1, -0.05) is 6.07 Å². The molecule has 0 atom stereocenters. The molecule has 0 spiro atoms. The van der Waals surface area contributed by atoms with Crippen LogP contribution in [0.15, 0.2) is 18.2 Å². The van der Waals surface area contributed by atoms with E-state index < -0.39 is 0 Å². The van der Waals surface area contributed by atoms with Gasteiger partial charge in [0.25, 0.3) is 0 Å². The van der Waals surface area contributed by atoms with E-state index in [0.717, 1.165) is 5.56 Å². The quantitative estimate of drug-likeness (QED) is 0.712. The number of benzene rings is 1. The lowest BCUT2D eigenvalue weighted by atomic mass is 10.1. The van der Waals surface area contributed by atoms with Crippen LogP contribution in [0.3, 0.4) is 0 Å². The van der Waals surface area contributed by atoms with Crippen molar-refractivity contribution in [1.29, 1.82) is 5.26 Å². The zero-order valence-electron chi connectivity index (χ0n) is 12.2. The number of nitrogens with zero attached hydrogens (tertiary/aromatic N) is 2. The van der Waals surface area contributed by atoms with E-state index in [1.165, 1.54) is 0 Å². The molecule has 0 fully saturated rings. The van der Waals surface area contributed by atoms with Gasteiger partial charge in [0.1, 0.15) is 11.8 Å². The van der Waals surface area contributed by atoms with E-state index in [1.54, 1.807) is 20.1 Å². The number of rotatable bonds is 7. The second-order valence-corrected chi connectivity index (χ2v) is 4.44. The van der Waals surface area contributed by atoms with Crippen LogP contribution in [-0.4, -0.2) is 38.2 Å². The zero-order valence-corrected chi connectivity index (χ0v) is 12.2. The molecular formula is C15H20N2O3. The van der Waals surface area contributed by atoms with Crippen molar-refractivity contribution in [2.24, 2.45) is 0 Å². The van der Waals surface area contributed by atoms with Gasteiger partial charge in [0.15, 0.2) is 0 Å². The fraction of sp³-hybridized carbons (Fsp3) is 0.467. The van der Waals surface area contributed by atoms with Gasteiger partial charge >= 0.3 is 5.97 Å². The minimum atomic E-state index is -0.184. The van der Waals surface area contributed by atoms with Crippen LogP contribution in [-0.2, 0) is 16.1 Å². The first-order chi connectivity index (χ1) is 9.60. The predicted molar refractivity (Wildman–Crippen MR) is 75.3 cm³/mol. The summed E-state index contributed by atoms with van der Waals surface area (Å²) in [5, 5.41) is 8.93. The predicted octanol–water partition coefficient (Wildman–Crippen LogP) is 1.95. The molecule has 0 bridgehead atoms. The smallest absolute Gasteiger partial charge is 0.307 e. The molecule has 0 aliphatic carbocycles. The molecule has 0 radical (unpaired) electrons. The Morgan fingerprint density at radius 2 is 2.20 bits per heavy atom. The SMILES string of the molecule is CCOC(=O)CCN(C)Cc1ccc(C#N)c(OC)c1. The maximum absolute atomic E-state index is 11.3. The summed E-state index contributed by atoms with van der Waals surface area (Å²) in [6, 6.07) is 7.56. The molecule has 1 aromatic rings. The lowest BCUT2D eigenvalue weighted by Gasteiger charge is -2.16. The van der Waals surface area contributed by atoms with Gasteiger partial charge < -0.3 is 14.4 Å². The van der Waals surface area contributed by atoms with Crippen LogP contribution in [0.1, 0.15) is 24.5 Å². The molecule has 0 aliphatic heterocycles. The Balaban J connectivity index is 2.56. The number of ether oxygens (including phenoxy) is 2. The van der Waals surface area contributed by atoms with E-state index in [9.17, 15) is 4.79 Å². The molecule has 0 heterocycles. The van der Waals surface area contributed by atoms with Crippen molar-refractivity contribution in [3.8, 4) is 11.8 Å². The first-order valence-corrected chi connectivity index (χ1v) is 6.51. The molecule has 0 amide bonds. The molecule has 0 saturated heterocycles. The Morgan fingerprint density at radius 3 is 2.80 bits per heavy atom. The monoisotopic (exact) mass is 276 g/mol. The maximum Gasteiger partial charge on any atom is 0.307 e. The van der Waals surface area contributed by atoms with Gasteiger partial charge in [-0.25, -0.2) is 0 Å². The molecule has 0 aromatic heterocycles. The summed E-state index contributed by atoms with van der Waals surface area (Å²) in [7, 11) is 3.48. The number of hydrogen-bond acceptors (Lipinski definition) is 5. The van der Waals surface area contributed by atoms with Gasteiger partial charge in [0.05, 0.1) is 25.7 Å². The van der Waals surface area contributed by atoms with E-state index in [4.69, 9.17) is 14.7 Å². The molecular weight excluding hydrogens is 256 g/mol. The maximum atomic E-state index is 11.3. The average Bonchev–Trinajstić information content (AvgIpc) is 2.45. The number of hydrogen-bond donors (Lipinski definition) is 0. The van der Waals surface area contributed by atoms with E-state index >= 15 is 0 Å². The van der Waals surface area contributed by atoms with Crippen molar-refractivity contribution < 1.29 is 14.3 Å². The van der Waals surface area contributed by atoms with Crippen LogP contribution >= 0.6 is 0 Å². The Kier molecular flexibility index (Phi) is 6.54. The second kappa shape index (κ2) is 8.18. The third kappa shape index (κ3) is 4.90. The van der Waals surface area contributed by atoms with Crippen molar-refractivity contribution in [3.05, 3.63) is 29.3 Å². The van der Waals surface area contributed by atoms with Crippen molar-refractivity contribution in [3.63, 3.8) is 0 Å². The molecule has 1 aromatic carbocycles. The van der Waals surface area contributed by atoms with Crippen LogP contribution in [0, 0.1) is 11.3 Å². The molecule has 0 unspecified atom stereocenters. The Bertz CT molecular complexity index is 494. The molecule has 20 heavy (non-hydrogen) atoms. The Labute approximate surface area is 119 Å². The summed E-state index contributed by atoms with van der Waals surface area (Å²) in [5.41, 5.74) is 1.55. The van der Waals surface area contributed by atoms with E-state index in [1.807, 2.05) is 24.1 Å². The highest BCUT2D eigenvalue weighted by molar-refractivity contribution is 5.69. The topological polar surface area (TPSA) is 62.6 Å². The zero-order chi connectivity index (χ0) is 15.0. The highest BCUT2D eigenvalue weighted by atomic mass is 16.5. The molecule has 0 saturated carbocycles. The van der Waals surface area contributed by atoms with Crippen LogP contribution in [0.4, 0.5) is 0 Å². The van der Waals surface area contributed by atoms with Crippen LogP contribution in [0.2, 0.25) is 0 Å². The number of carbonyl (C=O) groups is 1. The number of nitriles is 1. The van der Waals surface area contributed by atoms with Gasteiger partial charge in [-0.2, -0.15) is 5.26 Å². The fourth-order valence-corrected chi connectivity index (χ4v) is 1.83. The van der Waals surface area contributed by atoms with Gasteiger partial charge in [-0.05, 0) is 31.7 Å². The highest BCUT2D eigenvalue weighted by Gasteiger charge is 2.08. The minimum absolute atomic E-state index is 0.184. The van der Waals surface area contributed by atoms with Crippen molar-refractivity contribution >= 4 is 5.97 Å². The van der Waals surface area contributed by atoms with Crippen molar-refractivity contribution in [1.82, 2.24) is 4.90 Å². The fourth-order valence-electron chi connectivity index (χ4n) is 1.83. The summed E-state index contributed by atoms with van der Waals surface area (Å²) in [5.74, 6) is 0.389. The van der Waals surface area contributed by atoms with Gasteiger partial charge in [-0.3, -0.25) is 4.79 Å². The highest BCUT2D eigenvalue weighted by Crippen LogP contribution is 2.20. The van der Waals surface area contributed by atoms with Crippen LogP contribution in [0.5, 0.6) is 5.75 Å². The van der Waals surface area contributed by atoms with E-state index in [-0.39, 0.29) is 5.97 Å². The van der Waals surface area contributed by atoms with Crippen LogP contribution in [0.25, 0.3) is 0 Å². The lowest BCUT2D eigenvalue weighted by Crippen LogP contribution is -2.22. The molecule has 5 nitrogen and oxygen atoms in total. The Morgan fingerprint density at radius 1 is 1.45 bits per heavy atom. The molecule has 0 N–H and O–H groups in total. The normalized spacial score (nSPS) is 10.2. The van der Waals surface area contributed by atoms with Crippen molar-refractivity contribution in [2.75, 3.05) is 27.3 Å². The minimum Gasteiger partial charge on any atom is -0.495 e. The Hall–Kier alpha value is -2.06. The third-order valence-corrected chi connectivity index (χ3v) is 2.84. The van der Waals surface area contributed by atoms with Crippen LogP contribution < -0.4 is 4.74 Å². The summed E-state index contributed by atoms with van der Waals surface area (Å²) < 4.78 is 10.1. The summed E-state index contributed by atoms with van der Waals surface area (Å²) >= 11 is 0. The number of methoxy groups -OCH3 is 1. The third-order valence-electron chi connectivity index (χ3n) is 2.84. The van der Waals surface area contributed by atoms with Gasteiger partial charge in [0, 0.05) is 13.1 Å².